The summed E-state index contributed by atoms with van der Waals surface area (Å²) in [4.78, 5) is 19.3. The minimum absolute atomic E-state index is 0.234. The predicted octanol–water partition coefficient (Wildman–Crippen LogP) is 5.31. The molecule has 0 amide bonds. The van der Waals surface area contributed by atoms with E-state index in [1.54, 1.807) is 7.11 Å². The van der Waals surface area contributed by atoms with E-state index in [-0.39, 0.29) is 6.04 Å². The van der Waals surface area contributed by atoms with E-state index < -0.39 is 0 Å². The third kappa shape index (κ3) is 5.15. The Balaban J connectivity index is 1.25. The SMILES string of the molecule is COc1ccccc1-c1ccc(CNc2nc(NC3CCCC(N)C3)nc3c2ncn3C2CCCC2)cn1. The van der Waals surface area contributed by atoms with Crippen molar-refractivity contribution in [1.82, 2.24) is 24.5 Å². The zero-order chi connectivity index (χ0) is 25.9. The summed E-state index contributed by atoms with van der Waals surface area (Å²) in [6.07, 6.45) is 12.9. The monoisotopic (exact) mass is 512 g/mol. The topological polar surface area (TPSA) is 116 Å². The lowest BCUT2D eigenvalue weighted by atomic mass is 9.92. The molecule has 4 aromatic rings. The van der Waals surface area contributed by atoms with Gasteiger partial charge in [-0.15, -0.1) is 0 Å². The lowest BCUT2D eigenvalue weighted by Gasteiger charge is -2.27. The Labute approximate surface area is 223 Å². The fourth-order valence-corrected chi connectivity index (χ4v) is 5.83. The van der Waals surface area contributed by atoms with Gasteiger partial charge in [0.05, 0.1) is 19.1 Å². The maximum atomic E-state index is 6.25. The molecule has 9 heteroatoms. The van der Waals surface area contributed by atoms with Crippen molar-refractivity contribution in [1.29, 1.82) is 0 Å². The molecular weight excluding hydrogens is 476 g/mol. The highest BCUT2D eigenvalue weighted by atomic mass is 16.5. The number of imidazole rings is 1. The number of para-hydroxylation sites is 1. The first-order valence-electron chi connectivity index (χ1n) is 13.8. The van der Waals surface area contributed by atoms with Gasteiger partial charge in [-0.25, -0.2) is 4.98 Å². The highest BCUT2D eigenvalue weighted by molar-refractivity contribution is 5.84. The van der Waals surface area contributed by atoms with Gasteiger partial charge in [-0.2, -0.15) is 9.97 Å². The van der Waals surface area contributed by atoms with E-state index in [2.05, 4.69) is 21.3 Å². The van der Waals surface area contributed by atoms with E-state index in [0.29, 0.717) is 24.6 Å². The number of pyridine rings is 1. The number of nitrogens with two attached hydrogens (primary N) is 1. The molecule has 2 saturated carbocycles. The van der Waals surface area contributed by atoms with Crippen molar-refractivity contribution < 1.29 is 4.74 Å². The van der Waals surface area contributed by atoms with E-state index in [9.17, 15) is 0 Å². The van der Waals surface area contributed by atoms with E-state index in [1.807, 2.05) is 42.9 Å². The number of fused-ring (bicyclic) bond motifs is 1. The average Bonchev–Trinajstić information content (AvgIpc) is 3.62. The first kappa shape index (κ1) is 24.6. The smallest absolute Gasteiger partial charge is 0.227 e. The third-order valence-corrected chi connectivity index (χ3v) is 7.86. The van der Waals surface area contributed by atoms with Crippen LogP contribution in [0.2, 0.25) is 0 Å². The van der Waals surface area contributed by atoms with Crippen LogP contribution in [0, 0.1) is 0 Å². The van der Waals surface area contributed by atoms with Crippen LogP contribution in [0.5, 0.6) is 5.75 Å². The summed E-state index contributed by atoms with van der Waals surface area (Å²) >= 11 is 0. The van der Waals surface area contributed by atoms with E-state index in [0.717, 1.165) is 65.2 Å². The largest absolute Gasteiger partial charge is 0.496 e. The Morgan fingerprint density at radius 1 is 1.00 bits per heavy atom. The van der Waals surface area contributed by atoms with Gasteiger partial charge in [-0.3, -0.25) is 4.98 Å². The number of hydrogen-bond donors (Lipinski definition) is 3. The van der Waals surface area contributed by atoms with Crippen molar-refractivity contribution in [2.24, 2.45) is 5.73 Å². The molecule has 0 saturated heterocycles. The van der Waals surface area contributed by atoms with Gasteiger partial charge in [0.15, 0.2) is 17.0 Å². The van der Waals surface area contributed by atoms with E-state index in [1.165, 1.54) is 25.7 Å². The van der Waals surface area contributed by atoms with Gasteiger partial charge in [0.1, 0.15) is 5.75 Å². The maximum absolute atomic E-state index is 6.25. The summed E-state index contributed by atoms with van der Waals surface area (Å²) in [6.45, 7) is 0.579. The number of nitrogens with zero attached hydrogens (tertiary/aromatic N) is 5. The molecule has 6 rings (SSSR count). The number of benzene rings is 1. The highest BCUT2D eigenvalue weighted by Crippen LogP contribution is 2.34. The van der Waals surface area contributed by atoms with Gasteiger partial charge in [-0.1, -0.05) is 31.0 Å². The van der Waals surface area contributed by atoms with Crippen molar-refractivity contribution in [2.75, 3.05) is 17.7 Å². The summed E-state index contributed by atoms with van der Waals surface area (Å²) in [5.74, 6) is 2.19. The lowest BCUT2D eigenvalue weighted by molar-refractivity contribution is 0.408. The van der Waals surface area contributed by atoms with Crippen LogP contribution in [0.1, 0.15) is 63.0 Å². The number of rotatable bonds is 8. The zero-order valence-electron chi connectivity index (χ0n) is 21.9. The van der Waals surface area contributed by atoms with Crippen molar-refractivity contribution in [2.45, 2.75) is 76.0 Å². The summed E-state index contributed by atoms with van der Waals surface area (Å²) in [7, 11) is 1.68. The Morgan fingerprint density at radius 3 is 2.66 bits per heavy atom. The molecule has 0 aliphatic heterocycles. The number of ether oxygens (including phenoxy) is 1. The molecule has 2 aliphatic carbocycles. The van der Waals surface area contributed by atoms with Crippen LogP contribution in [0.15, 0.2) is 48.9 Å². The molecule has 3 aromatic heterocycles. The van der Waals surface area contributed by atoms with Crippen LogP contribution < -0.4 is 21.1 Å². The molecule has 38 heavy (non-hydrogen) atoms. The molecule has 2 atom stereocenters. The normalized spacial score (nSPS) is 20.1. The van der Waals surface area contributed by atoms with Gasteiger partial charge < -0.3 is 25.7 Å². The van der Waals surface area contributed by atoms with Crippen LogP contribution in [0.3, 0.4) is 0 Å². The summed E-state index contributed by atoms with van der Waals surface area (Å²) < 4.78 is 7.74. The van der Waals surface area contributed by atoms with Crippen molar-refractivity contribution in [3.63, 3.8) is 0 Å². The summed E-state index contributed by atoms with van der Waals surface area (Å²) in [6, 6.07) is 13.0. The molecule has 0 bridgehead atoms. The van der Waals surface area contributed by atoms with Gasteiger partial charge in [0.25, 0.3) is 0 Å². The molecule has 1 aromatic carbocycles. The summed E-state index contributed by atoms with van der Waals surface area (Å²) in [5, 5.41) is 7.10. The lowest BCUT2D eigenvalue weighted by Crippen LogP contribution is -2.35. The number of aromatic nitrogens is 5. The molecule has 198 valence electrons. The second kappa shape index (κ2) is 10.9. The molecule has 3 heterocycles. The molecule has 2 aliphatic rings. The Morgan fingerprint density at radius 2 is 1.87 bits per heavy atom. The summed E-state index contributed by atoms with van der Waals surface area (Å²) in [5.41, 5.74) is 10.8. The average molecular weight is 513 g/mol. The van der Waals surface area contributed by atoms with Gasteiger partial charge in [0.2, 0.25) is 5.95 Å². The van der Waals surface area contributed by atoms with Crippen LogP contribution >= 0.6 is 0 Å². The fraction of sp³-hybridized carbons (Fsp3) is 0.448. The van der Waals surface area contributed by atoms with Crippen LogP contribution in [0.4, 0.5) is 11.8 Å². The minimum atomic E-state index is 0.234. The standard InChI is InChI=1S/C29H36N8O/c1-38-25-12-5-4-11-23(25)24-14-13-19(16-31-24)17-32-27-26-28(37(18-33-26)22-9-2-3-10-22)36-29(35-27)34-21-8-6-7-20(30)15-21/h4-5,11-14,16,18,20-22H,2-3,6-10,15,17,30H2,1H3,(H2,32,34,35,36). The maximum Gasteiger partial charge on any atom is 0.227 e. The van der Waals surface area contributed by atoms with Gasteiger partial charge in [0, 0.05) is 36.4 Å². The number of anilines is 2. The van der Waals surface area contributed by atoms with Crippen LogP contribution in [-0.4, -0.2) is 43.7 Å². The molecule has 0 radical (unpaired) electrons. The first-order chi connectivity index (χ1) is 18.7. The van der Waals surface area contributed by atoms with Crippen LogP contribution in [0.25, 0.3) is 22.4 Å². The van der Waals surface area contributed by atoms with E-state index >= 15 is 0 Å². The molecule has 9 nitrogen and oxygen atoms in total. The highest BCUT2D eigenvalue weighted by Gasteiger charge is 2.24. The number of nitrogens with one attached hydrogen (secondary N) is 2. The number of methoxy groups -OCH3 is 1. The van der Waals surface area contributed by atoms with Crippen molar-refractivity contribution in [3.05, 3.63) is 54.5 Å². The Kier molecular flexibility index (Phi) is 7.09. The van der Waals surface area contributed by atoms with Gasteiger partial charge >= 0.3 is 0 Å². The Bertz CT molecular complexity index is 1380. The second-order valence-electron chi connectivity index (χ2n) is 10.5. The molecule has 2 unspecified atom stereocenters. The predicted molar refractivity (Wildman–Crippen MR) is 150 cm³/mol. The van der Waals surface area contributed by atoms with Crippen molar-refractivity contribution in [3.8, 4) is 17.0 Å². The van der Waals surface area contributed by atoms with Gasteiger partial charge in [-0.05, 0) is 62.3 Å². The molecule has 0 spiro atoms. The Hall–Kier alpha value is -3.72. The molecule has 4 N–H and O–H groups in total. The fourth-order valence-electron chi connectivity index (χ4n) is 5.83. The number of hydrogen-bond acceptors (Lipinski definition) is 8. The first-order valence-corrected chi connectivity index (χ1v) is 13.8. The molecule has 2 fully saturated rings. The zero-order valence-corrected chi connectivity index (χ0v) is 21.9. The minimum Gasteiger partial charge on any atom is -0.496 e. The molecular formula is C29H36N8O. The van der Waals surface area contributed by atoms with Crippen molar-refractivity contribution >= 4 is 22.9 Å². The van der Waals surface area contributed by atoms with Crippen LogP contribution in [-0.2, 0) is 6.54 Å². The second-order valence-corrected chi connectivity index (χ2v) is 10.5. The third-order valence-electron chi connectivity index (χ3n) is 7.86. The van der Waals surface area contributed by atoms with E-state index in [4.69, 9.17) is 30.4 Å². The quantitative estimate of drug-likeness (QED) is 0.291.